The van der Waals surface area contributed by atoms with E-state index in [4.69, 9.17) is 4.74 Å². The lowest BCUT2D eigenvalue weighted by atomic mass is 9.99. The summed E-state index contributed by atoms with van der Waals surface area (Å²) in [5, 5.41) is 15.7. The predicted molar refractivity (Wildman–Crippen MR) is 145 cm³/mol. The molecule has 202 valence electrons. The molecular weight excluding hydrogens is 470 g/mol. The SMILES string of the molecule is CCCCCN(C(=O)C(C)NC(=O)OC(C)(C)C)C(C(=O)Nc1ccccc1C)c1ccc(O)c(C)c1. The summed E-state index contributed by atoms with van der Waals surface area (Å²) in [6.07, 6.45) is 1.79. The molecule has 0 aliphatic heterocycles. The minimum absolute atomic E-state index is 0.102. The monoisotopic (exact) mass is 511 g/mol. The van der Waals surface area contributed by atoms with Crippen LogP contribution in [0.15, 0.2) is 42.5 Å². The molecule has 8 nitrogen and oxygen atoms in total. The van der Waals surface area contributed by atoms with Gasteiger partial charge >= 0.3 is 6.09 Å². The number of phenols is 1. The fourth-order valence-corrected chi connectivity index (χ4v) is 3.93. The molecule has 0 heterocycles. The molecule has 3 N–H and O–H groups in total. The number of carbonyl (C=O) groups excluding carboxylic acids is 3. The number of unbranched alkanes of at least 4 members (excludes halogenated alkanes) is 2. The molecule has 0 bridgehead atoms. The van der Waals surface area contributed by atoms with E-state index >= 15 is 0 Å². The quantitative estimate of drug-likeness (QED) is 0.359. The number of aromatic hydroxyl groups is 1. The number of nitrogens with zero attached hydrogens (tertiary/aromatic N) is 1. The van der Waals surface area contributed by atoms with E-state index in [-0.39, 0.29) is 11.7 Å². The molecule has 0 aliphatic carbocycles. The van der Waals surface area contributed by atoms with Gasteiger partial charge in [-0.15, -0.1) is 0 Å². The summed E-state index contributed by atoms with van der Waals surface area (Å²) in [4.78, 5) is 41.4. The Bertz CT molecular complexity index is 1090. The Kier molecular flexibility index (Phi) is 10.5. The molecule has 0 aromatic heterocycles. The molecule has 37 heavy (non-hydrogen) atoms. The molecule has 0 fully saturated rings. The zero-order valence-corrected chi connectivity index (χ0v) is 23.1. The minimum atomic E-state index is -0.980. The van der Waals surface area contributed by atoms with Gasteiger partial charge in [-0.05, 0) is 82.9 Å². The number of para-hydroxylation sites is 1. The van der Waals surface area contributed by atoms with Crippen molar-refractivity contribution in [2.45, 2.75) is 85.4 Å². The highest BCUT2D eigenvalue weighted by Gasteiger charge is 2.35. The van der Waals surface area contributed by atoms with E-state index in [1.165, 1.54) is 11.0 Å². The number of alkyl carbamates (subject to hydrolysis) is 1. The first-order chi connectivity index (χ1) is 17.3. The van der Waals surface area contributed by atoms with E-state index in [1.54, 1.807) is 46.8 Å². The molecule has 3 amide bonds. The van der Waals surface area contributed by atoms with Gasteiger partial charge in [-0.25, -0.2) is 4.79 Å². The standard InChI is InChI=1S/C29H41N3O5/c1-8-9-12-17-32(27(35)21(4)30-28(36)37-29(5,6)7)25(22-15-16-24(33)20(3)18-22)26(34)31-23-14-11-10-13-19(23)2/h10-11,13-16,18,21,25,33H,8-9,12,17H2,1-7H3,(H,30,36)(H,31,34). The highest BCUT2D eigenvalue weighted by Crippen LogP contribution is 2.29. The van der Waals surface area contributed by atoms with Crippen molar-refractivity contribution < 1.29 is 24.2 Å². The molecule has 2 aromatic rings. The summed E-state index contributed by atoms with van der Waals surface area (Å²) in [6.45, 7) is 12.8. The first-order valence-corrected chi connectivity index (χ1v) is 12.8. The molecule has 0 aliphatic rings. The maximum absolute atomic E-state index is 13.8. The third-order valence-electron chi connectivity index (χ3n) is 5.89. The van der Waals surface area contributed by atoms with Crippen molar-refractivity contribution in [3.8, 4) is 5.75 Å². The number of phenolic OH excluding ortho intramolecular Hbond substituents is 1. The van der Waals surface area contributed by atoms with Gasteiger partial charge in [0.2, 0.25) is 5.91 Å². The Hall–Kier alpha value is -3.55. The zero-order chi connectivity index (χ0) is 27.8. The van der Waals surface area contributed by atoms with Gasteiger partial charge < -0.3 is 25.4 Å². The molecule has 2 rings (SSSR count). The summed E-state index contributed by atoms with van der Waals surface area (Å²) in [6, 6.07) is 10.4. The van der Waals surface area contributed by atoms with Crippen molar-refractivity contribution in [2.24, 2.45) is 0 Å². The van der Waals surface area contributed by atoms with Crippen LogP contribution in [0.1, 0.15) is 76.6 Å². The summed E-state index contributed by atoms with van der Waals surface area (Å²) in [5.74, 6) is -0.683. The fourth-order valence-electron chi connectivity index (χ4n) is 3.93. The van der Waals surface area contributed by atoms with E-state index < -0.39 is 29.7 Å². The van der Waals surface area contributed by atoms with Gasteiger partial charge in [-0.2, -0.15) is 0 Å². The number of carbonyl (C=O) groups is 3. The number of benzene rings is 2. The maximum Gasteiger partial charge on any atom is 0.408 e. The number of anilines is 1. The lowest BCUT2D eigenvalue weighted by Gasteiger charge is -2.34. The Morgan fingerprint density at radius 2 is 1.70 bits per heavy atom. The second-order valence-electron chi connectivity index (χ2n) is 10.4. The number of hydrogen-bond donors (Lipinski definition) is 3. The number of aryl methyl sites for hydroxylation is 2. The largest absolute Gasteiger partial charge is 0.508 e. The lowest BCUT2D eigenvalue weighted by Crippen LogP contribution is -2.51. The Morgan fingerprint density at radius 3 is 2.30 bits per heavy atom. The van der Waals surface area contributed by atoms with Crippen LogP contribution in [-0.4, -0.2) is 46.1 Å². The van der Waals surface area contributed by atoms with E-state index in [2.05, 4.69) is 17.6 Å². The van der Waals surface area contributed by atoms with Gasteiger partial charge in [0.15, 0.2) is 0 Å². The van der Waals surface area contributed by atoms with Crippen molar-refractivity contribution in [3.63, 3.8) is 0 Å². The van der Waals surface area contributed by atoms with E-state index in [0.29, 0.717) is 29.8 Å². The van der Waals surface area contributed by atoms with Gasteiger partial charge in [-0.1, -0.05) is 44.0 Å². The molecule has 8 heteroatoms. The highest BCUT2D eigenvalue weighted by molar-refractivity contribution is 5.99. The van der Waals surface area contributed by atoms with E-state index in [9.17, 15) is 19.5 Å². The third-order valence-corrected chi connectivity index (χ3v) is 5.89. The van der Waals surface area contributed by atoms with Crippen LogP contribution in [0.3, 0.4) is 0 Å². The number of amides is 3. The topological polar surface area (TPSA) is 108 Å². The van der Waals surface area contributed by atoms with Crippen LogP contribution in [-0.2, 0) is 14.3 Å². The molecule has 0 saturated carbocycles. The normalized spacial score (nSPS) is 12.8. The zero-order valence-electron chi connectivity index (χ0n) is 23.1. The Balaban J connectivity index is 2.47. The van der Waals surface area contributed by atoms with Gasteiger partial charge in [0.1, 0.15) is 23.4 Å². The third kappa shape index (κ3) is 8.81. The lowest BCUT2D eigenvalue weighted by molar-refractivity contribution is -0.140. The van der Waals surface area contributed by atoms with Crippen molar-refractivity contribution in [2.75, 3.05) is 11.9 Å². The average Bonchev–Trinajstić information content (AvgIpc) is 2.80. The minimum Gasteiger partial charge on any atom is -0.508 e. The van der Waals surface area contributed by atoms with Gasteiger partial charge in [0, 0.05) is 12.2 Å². The van der Waals surface area contributed by atoms with E-state index in [1.807, 2.05) is 31.2 Å². The summed E-state index contributed by atoms with van der Waals surface area (Å²) in [7, 11) is 0. The van der Waals surface area contributed by atoms with Gasteiger partial charge in [-0.3, -0.25) is 9.59 Å². The summed E-state index contributed by atoms with van der Waals surface area (Å²) < 4.78 is 5.32. The van der Waals surface area contributed by atoms with Crippen LogP contribution in [0.4, 0.5) is 10.5 Å². The van der Waals surface area contributed by atoms with Gasteiger partial charge in [0.05, 0.1) is 0 Å². The Morgan fingerprint density at radius 1 is 1.03 bits per heavy atom. The van der Waals surface area contributed by atoms with Crippen molar-refractivity contribution >= 4 is 23.6 Å². The smallest absolute Gasteiger partial charge is 0.408 e. The van der Waals surface area contributed by atoms with Crippen molar-refractivity contribution in [1.29, 1.82) is 0 Å². The van der Waals surface area contributed by atoms with Crippen LogP contribution in [0.25, 0.3) is 0 Å². The van der Waals surface area contributed by atoms with Crippen LogP contribution < -0.4 is 10.6 Å². The molecule has 2 unspecified atom stereocenters. The molecule has 0 saturated heterocycles. The average molecular weight is 512 g/mol. The molecule has 0 radical (unpaired) electrons. The van der Waals surface area contributed by atoms with Gasteiger partial charge in [0.25, 0.3) is 5.91 Å². The molecule has 2 aromatic carbocycles. The number of ether oxygens (including phenoxy) is 1. The fraction of sp³-hybridized carbons (Fsp3) is 0.483. The van der Waals surface area contributed by atoms with Crippen molar-refractivity contribution in [1.82, 2.24) is 10.2 Å². The summed E-state index contributed by atoms with van der Waals surface area (Å²) in [5.41, 5.74) is 1.98. The maximum atomic E-state index is 13.8. The number of hydrogen-bond acceptors (Lipinski definition) is 5. The first kappa shape index (κ1) is 29.7. The van der Waals surface area contributed by atoms with E-state index in [0.717, 1.165) is 18.4 Å². The van der Waals surface area contributed by atoms with Crippen LogP contribution in [0.5, 0.6) is 5.75 Å². The molecule has 0 spiro atoms. The van der Waals surface area contributed by atoms with Crippen LogP contribution in [0, 0.1) is 13.8 Å². The molecular formula is C29H41N3O5. The predicted octanol–water partition coefficient (Wildman–Crippen LogP) is 5.62. The second kappa shape index (κ2) is 13.1. The number of rotatable bonds is 10. The number of nitrogens with one attached hydrogen (secondary N) is 2. The van der Waals surface area contributed by atoms with Crippen LogP contribution >= 0.6 is 0 Å². The van der Waals surface area contributed by atoms with Crippen molar-refractivity contribution in [3.05, 3.63) is 59.2 Å². The highest BCUT2D eigenvalue weighted by atomic mass is 16.6. The van der Waals surface area contributed by atoms with Crippen LogP contribution in [0.2, 0.25) is 0 Å². The summed E-state index contributed by atoms with van der Waals surface area (Å²) >= 11 is 0. The Labute approximate surface area is 220 Å². The second-order valence-corrected chi connectivity index (χ2v) is 10.4. The first-order valence-electron chi connectivity index (χ1n) is 12.8. The molecule has 2 atom stereocenters.